The van der Waals surface area contributed by atoms with Crippen LogP contribution in [0.4, 0.5) is 0 Å². The summed E-state index contributed by atoms with van der Waals surface area (Å²) in [6, 6.07) is 0.330. The summed E-state index contributed by atoms with van der Waals surface area (Å²) in [5.41, 5.74) is 2.40. The molecule has 74 valence electrons. The Balaban J connectivity index is 3.26. The van der Waals surface area contributed by atoms with E-state index in [4.69, 9.17) is 5.21 Å². The minimum absolute atomic E-state index is 0.330. The van der Waals surface area contributed by atoms with Gasteiger partial charge in [-0.25, -0.2) is 5.48 Å². The largest absolute Gasteiger partial charge is 0.317 e. The van der Waals surface area contributed by atoms with Crippen LogP contribution in [-0.2, 0) is 0 Å². The van der Waals surface area contributed by atoms with Crippen LogP contribution in [0.1, 0.15) is 58.8 Å². The van der Waals surface area contributed by atoms with Gasteiger partial charge >= 0.3 is 0 Å². The molecule has 0 bridgehead atoms. The lowest BCUT2D eigenvalue weighted by Crippen LogP contribution is -2.25. The summed E-state index contributed by atoms with van der Waals surface area (Å²) in [7, 11) is 0. The third kappa shape index (κ3) is 6.62. The Morgan fingerprint density at radius 2 is 1.58 bits per heavy atom. The average Bonchev–Trinajstić information content (AvgIpc) is 2.11. The zero-order valence-corrected chi connectivity index (χ0v) is 8.47. The third-order valence-electron chi connectivity index (χ3n) is 2.24. The van der Waals surface area contributed by atoms with Gasteiger partial charge in [0.15, 0.2) is 0 Å². The normalized spacial score (nSPS) is 13.2. The van der Waals surface area contributed by atoms with Gasteiger partial charge in [0.25, 0.3) is 0 Å². The predicted octanol–water partition coefficient (Wildman–Crippen LogP) is 3.10. The van der Waals surface area contributed by atoms with E-state index in [2.05, 4.69) is 19.3 Å². The number of nitrogens with one attached hydrogen (secondary N) is 1. The highest BCUT2D eigenvalue weighted by Crippen LogP contribution is 2.08. The molecule has 0 fully saturated rings. The topological polar surface area (TPSA) is 32.3 Å². The summed E-state index contributed by atoms with van der Waals surface area (Å²) in [5, 5.41) is 8.80. The Bertz CT molecular complexity index is 85.9. The molecular formula is C10H23NO. The fourth-order valence-electron chi connectivity index (χ4n) is 1.36. The van der Waals surface area contributed by atoms with Gasteiger partial charge < -0.3 is 5.21 Å². The lowest BCUT2D eigenvalue weighted by molar-refractivity contribution is 0.115. The molecule has 0 aliphatic carbocycles. The van der Waals surface area contributed by atoms with E-state index >= 15 is 0 Å². The van der Waals surface area contributed by atoms with E-state index in [9.17, 15) is 0 Å². The first-order valence-corrected chi connectivity index (χ1v) is 5.24. The van der Waals surface area contributed by atoms with Crippen LogP contribution in [0.5, 0.6) is 0 Å². The second kappa shape index (κ2) is 9.01. The number of rotatable bonds is 8. The van der Waals surface area contributed by atoms with Crippen LogP contribution < -0.4 is 5.48 Å². The molecule has 12 heavy (non-hydrogen) atoms. The maximum absolute atomic E-state index is 8.80. The second-order valence-electron chi connectivity index (χ2n) is 3.46. The first-order chi connectivity index (χ1) is 5.85. The SMILES string of the molecule is CCCCCC(CCCC)NO. The molecule has 0 heterocycles. The van der Waals surface area contributed by atoms with Gasteiger partial charge in [-0.2, -0.15) is 0 Å². The van der Waals surface area contributed by atoms with Crippen LogP contribution in [0.25, 0.3) is 0 Å². The van der Waals surface area contributed by atoms with Gasteiger partial charge in [-0.3, -0.25) is 0 Å². The number of unbranched alkanes of at least 4 members (excludes halogenated alkanes) is 3. The van der Waals surface area contributed by atoms with Crippen LogP contribution in [-0.4, -0.2) is 11.2 Å². The molecule has 2 heteroatoms. The van der Waals surface area contributed by atoms with Crippen molar-refractivity contribution >= 4 is 0 Å². The Hall–Kier alpha value is -0.0800. The van der Waals surface area contributed by atoms with E-state index in [1.807, 2.05) is 0 Å². The lowest BCUT2D eigenvalue weighted by Gasteiger charge is -2.13. The van der Waals surface area contributed by atoms with Crippen molar-refractivity contribution in [1.29, 1.82) is 0 Å². The highest BCUT2D eigenvalue weighted by molar-refractivity contribution is 4.61. The van der Waals surface area contributed by atoms with E-state index in [0.29, 0.717) is 6.04 Å². The van der Waals surface area contributed by atoms with Crippen molar-refractivity contribution in [2.24, 2.45) is 0 Å². The number of hydroxylamine groups is 1. The zero-order chi connectivity index (χ0) is 9.23. The van der Waals surface area contributed by atoms with Crippen molar-refractivity contribution in [1.82, 2.24) is 5.48 Å². The summed E-state index contributed by atoms with van der Waals surface area (Å²) in [4.78, 5) is 0. The van der Waals surface area contributed by atoms with Crippen molar-refractivity contribution in [3.63, 3.8) is 0 Å². The molecule has 0 aromatic carbocycles. The minimum Gasteiger partial charge on any atom is -0.317 e. The number of hydrogen-bond acceptors (Lipinski definition) is 2. The Kier molecular flexibility index (Phi) is 8.95. The van der Waals surface area contributed by atoms with Crippen LogP contribution in [0.2, 0.25) is 0 Å². The predicted molar refractivity (Wildman–Crippen MR) is 52.4 cm³/mol. The molecule has 2 nitrogen and oxygen atoms in total. The van der Waals surface area contributed by atoms with Gasteiger partial charge in [-0.15, -0.1) is 0 Å². The number of hydrogen-bond donors (Lipinski definition) is 2. The van der Waals surface area contributed by atoms with E-state index in [-0.39, 0.29) is 0 Å². The molecular weight excluding hydrogens is 150 g/mol. The maximum atomic E-state index is 8.80. The van der Waals surface area contributed by atoms with Gasteiger partial charge in [0.2, 0.25) is 0 Å². The Morgan fingerprint density at radius 3 is 2.08 bits per heavy atom. The van der Waals surface area contributed by atoms with E-state index < -0.39 is 0 Å². The van der Waals surface area contributed by atoms with Crippen molar-refractivity contribution in [2.75, 3.05) is 0 Å². The first-order valence-electron chi connectivity index (χ1n) is 5.24. The molecule has 0 saturated heterocycles. The molecule has 0 aromatic heterocycles. The van der Waals surface area contributed by atoms with Gasteiger partial charge in [0.1, 0.15) is 0 Å². The molecule has 0 spiro atoms. The van der Waals surface area contributed by atoms with Crippen LogP contribution >= 0.6 is 0 Å². The quantitative estimate of drug-likeness (QED) is 0.436. The second-order valence-corrected chi connectivity index (χ2v) is 3.46. The van der Waals surface area contributed by atoms with Crippen LogP contribution in [0, 0.1) is 0 Å². The lowest BCUT2D eigenvalue weighted by atomic mass is 10.0. The van der Waals surface area contributed by atoms with Crippen LogP contribution in [0.15, 0.2) is 0 Å². The van der Waals surface area contributed by atoms with Crippen molar-refractivity contribution in [2.45, 2.75) is 64.8 Å². The molecule has 0 radical (unpaired) electrons. The smallest absolute Gasteiger partial charge is 0.0319 e. The van der Waals surface area contributed by atoms with Crippen molar-refractivity contribution in [3.8, 4) is 0 Å². The zero-order valence-electron chi connectivity index (χ0n) is 8.47. The summed E-state index contributed by atoms with van der Waals surface area (Å²) < 4.78 is 0. The van der Waals surface area contributed by atoms with Gasteiger partial charge in [0.05, 0.1) is 0 Å². The summed E-state index contributed by atoms with van der Waals surface area (Å²) in [5.74, 6) is 0. The molecule has 0 amide bonds. The van der Waals surface area contributed by atoms with Crippen LogP contribution in [0.3, 0.4) is 0 Å². The molecule has 0 rings (SSSR count). The molecule has 0 aromatic rings. The summed E-state index contributed by atoms with van der Waals surface area (Å²) in [6.45, 7) is 4.38. The van der Waals surface area contributed by atoms with E-state index in [1.54, 1.807) is 0 Å². The molecule has 0 saturated carbocycles. The highest BCUT2D eigenvalue weighted by Gasteiger charge is 2.04. The van der Waals surface area contributed by atoms with E-state index in [1.165, 1.54) is 32.1 Å². The van der Waals surface area contributed by atoms with Crippen molar-refractivity contribution in [3.05, 3.63) is 0 Å². The van der Waals surface area contributed by atoms with Crippen molar-refractivity contribution < 1.29 is 5.21 Å². The summed E-state index contributed by atoms with van der Waals surface area (Å²) in [6.07, 6.45) is 8.42. The fourth-order valence-corrected chi connectivity index (χ4v) is 1.36. The summed E-state index contributed by atoms with van der Waals surface area (Å²) >= 11 is 0. The molecule has 0 aliphatic rings. The molecule has 2 N–H and O–H groups in total. The van der Waals surface area contributed by atoms with E-state index in [0.717, 1.165) is 12.8 Å². The maximum Gasteiger partial charge on any atom is 0.0319 e. The van der Waals surface area contributed by atoms with Gasteiger partial charge in [0, 0.05) is 6.04 Å². The highest BCUT2D eigenvalue weighted by atomic mass is 16.5. The monoisotopic (exact) mass is 173 g/mol. The minimum atomic E-state index is 0.330. The Labute approximate surface area is 76.3 Å². The molecule has 0 aliphatic heterocycles. The average molecular weight is 173 g/mol. The molecule has 1 atom stereocenters. The Morgan fingerprint density at radius 1 is 1.00 bits per heavy atom. The standard InChI is InChI=1S/C10H23NO/c1-3-5-7-9-10(11-12)8-6-4-2/h10-12H,3-9H2,1-2H3. The first kappa shape index (κ1) is 11.9. The van der Waals surface area contributed by atoms with Gasteiger partial charge in [-0.05, 0) is 12.8 Å². The third-order valence-corrected chi connectivity index (χ3v) is 2.24. The fraction of sp³-hybridized carbons (Fsp3) is 1.00. The molecule has 1 unspecified atom stereocenters. The van der Waals surface area contributed by atoms with Gasteiger partial charge in [-0.1, -0.05) is 46.0 Å².